The van der Waals surface area contributed by atoms with Gasteiger partial charge in [0, 0.05) is 8.95 Å². The summed E-state index contributed by atoms with van der Waals surface area (Å²) in [6.45, 7) is 0.621. The molecule has 0 spiro atoms. The van der Waals surface area contributed by atoms with E-state index in [4.69, 9.17) is 0 Å². The number of benzene rings is 1. The van der Waals surface area contributed by atoms with Crippen LogP contribution in [0.1, 0.15) is 5.82 Å². The molecular formula is C9H9Br2N5. The van der Waals surface area contributed by atoms with Crippen LogP contribution >= 0.6 is 31.9 Å². The SMILES string of the molecule is CNCc1nnnn1-c1ccc(Br)cc1Br. The minimum atomic E-state index is 0.621. The molecule has 1 aromatic heterocycles. The van der Waals surface area contributed by atoms with Crippen LogP contribution in [-0.2, 0) is 6.54 Å². The molecule has 1 aromatic carbocycles. The van der Waals surface area contributed by atoms with E-state index in [9.17, 15) is 0 Å². The lowest BCUT2D eigenvalue weighted by molar-refractivity contribution is 0.707. The molecule has 0 aliphatic heterocycles. The molecule has 1 heterocycles. The second-order valence-corrected chi connectivity index (χ2v) is 4.90. The average Bonchev–Trinajstić information content (AvgIpc) is 2.67. The summed E-state index contributed by atoms with van der Waals surface area (Å²) in [5, 5.41) is 14.6. The maximum atomic E-state index is 3.97. The standard InChI is InChI=1S/C9H9Br2N5/c1-12-5-9-13-14-15-16(9)8-3-2-6(10)4-7(8)11/h2-4,12H,5H2,1H3. The Morgan fingerprint density at radius 1 is 1.38 bits per heavy atom. The van der Waals surface area contributed by atoms with Crippen LogP contribution < -0.4 is 5.32 Å². The lowest BCUT2D eigenvalue weighted by atomic mass is 10.3. The summed E-state index contributed by atoms with van der Waals surface area (Å²) in [6, 6.07) is 5.86. The van der Waals surface area contributed by atoms with Crippen LogP contribution in [0.4, 0.5) is 0 Å². The van der Waals surface area contributed by atoms with Gasteiger partial charge in [-0.15, -0.1) is 5.10 Å². The first-order chi connectivity index (χ1) is 7.72. The average molecular weight is 347 g/mol. The summed E-state index contributed by atoms with van der Waals surface area (Å²) in [5.74, 6) is 0.769. The minimum absolute atomic E-state index is 0.621. The molecule has 84 valence electrons. The van der Waals surface area contributed by atoms with E-state index in [0.29, 0.717) is 6.54 Å². The lowest BCUT2D eigenvalue weighted by Gasteiger charge is -2.06. The van der Waals surface area contributed by atoms with Crippen molar-refractivity contribution in [3.63, 3.8) is 0 Å². The lowest BCUT2D eigenvalue weighted by Crippen LogP contribution is -2.12. The van der Waals surface area contributed by atoms with Crippen molar-refractivity contribution in [2.24, 2.45) is 0 Å². The molecule has 0 aliphatic rings. The smallest absolute Gasteiger partial charge is 0.170 e. The van der Waals surface area contributed by atoms with Crippen molar-refractivity contribution >= 4 is 31.9 Å². The molecule has 0 atom stereocenters. The van der Waals surface area contributed by atoms with E-state index in [1.54, 1.807) is 4.68 Å². The molecule has 0 unspecified atom stereocenters. The summed E-state index contributed by atoms with van der Waals surface area (Å²) in [4.78, 5) is 0. The van der Waals surface area contributed by atoms with Gasteiger partial charge in [0.15, 0.2) is 5.82 Å². The number of aromatic nitrogens is 4. The number of nitrogens with zero attached hydrogens (tertiary/aromatic N) is 4. The second-order valence-electron chi connectivity index (χ2n) is 3.13. The Morgan fingerprint density at radius 2 is 2.19 bits per heavy atom. The van der Waals surface area contributed by atoms with Gasteiger partial charge in [0.2, 0.25) is 0 Å². The zero-order chi connectivity index (χ0) is 11.5. The Labute approximate surface area is 109 Å². The normalized spacial score (nSPS) is 10.7. The summed E-state index contributed by atoms with van der Waals surface area (Å²) >= 11 is 6.89. The first-order valence-corrected chi connectivity index (χ1v) is 6.18. The van der Waals surface area contributed by atoms with Crippen molar-refractivity contribution in [1.82, 2.24) is 25.5 Å². The van der Waals surface area contributed by atoms with E-state index in [1.165, 1.54) is 0 Å². The largest absolute Gasteiger partial charge is 0.313 e. The Kier molecular flexibility index (Phi) is 3.67. The van der Waals surface area contributed by atoms with Crippen LogP contribution in [0.3, 0.4) is 0 Å². The number of nitrogens with one attached hydrogen (secondary N) is 1. The van der Waals surface area contributed by atoms with Gasteiger partial charge in [-0.25, -0.2) is 0 Å². The maximum absolute atomic E-state index is 3.97. The van der Waals surface area contributed by atoms with Crippen molar-refractivity contribution in [3.05, 3.63) is 33.0 Å². The molecule has 7 heteroatoms. The molecule has 0 saturated carbocycles. The van der Waals surface area contributed by atoms with Crippen molar-refractivity contribution in [1.29, 1.82) is 0 Å². The zero-order valence-corrected chi connectivity index (χ0v) is 11.7. The number of hydrogen-bond acceptors (Lipinski definition) is 4. The van der Waals surface area contributed by atoms with Crippen LogP contribution in [-0.4, -0.2) is 27.3 Å². The fourth-order valence-corrected chi connectivity index (χ4v) is 2.53. The monoisotopic (exact) mass is 345 g/mol. The fraction of sp³-hybridized carbons (Fsp3) is 0.222. The van der Waals surface area contributed by atoms with Crippen LogP contribution in [0.2, 0.25) is 0 Å². The van der Waals surface area contributed by atoms with Gasteiger partial charge in [-0.2, -0.15) is 4.68 Å². The molecule has 2 aromatic rings. The van der Waals surface area contributed by atoms with Gasteiger partial charge in [-0.3, -0.25) is 0 Å². The molecule has 2 rings (SSSR count). The fourth-order valence-electron chi connectivity index (χ4n) is 1.31. The van der Waals surface area contributed by atoms with Gasteiger partial charge < -0.3 is 5.32 Å². The van der Waals surface area contributed by atoms with E-state index >= 15 is 0 Å². The van der Waals surface area contributed by atoms with Gasteiger partial charge in [0.1, 0.15) is 0 Å². The highest BCUT2D eigenvalue weighted by atomic mass is 79.9. The van der Waals surface area contributed by atoms with Crippen LogP contribution in [0, 0.1) is 0 Å². The van der Waals surface area contributed by atoms with Crippen molar-refractivity contribution in [2.75, 3.05) is 7.05 Å². The zero-order valence-electron chi connectivity index (χ0n) is 8.48. The highest BCUT2D eigenvalue weighted by Crippen LogP contribution is 2.24. The molecule has 0 bridgehead atoms. The van der Waals surface area contributed by atoms with Crippen molar-refractivity contribution < 1.29 is 0 Å². The predicted octanol–water partition coefficient (Wildman–Crippen LogP) is 1.91. The van der Waals surface area contributed by atoms with Crippen LogP contribution in [0.25, 0.3) is 5.69 Å². The molecule has 16 heavy (non-hydrogen) atoms. The minimum Gasteiger partial charge on any atom is -0.313 e. The highest BCUT2D eigenvalue weighted by Gasteiger charge is 2.10. The molecule has 0 fully saturated rings. The molecule has 0 amide bonds. The third-order valence-corrected chi connectivity index (χ3v) is 3.14. The molecule has 0 aliphatic carbocycles. The first kappa shape index (κ1) is 11.7. The molecule has 0 radical (unpaired) electrons. The van der Waals surface area contributed by atoms with Crippen LogP contribution in [0.15, 0.2) is 27.1 Å². The predicted molar refractivity (Wildman–Crippen MR) is 67.3 cm³/mol. The highest BCUT2D eigenvalue weighted by molar-refractivity contribution is 9.11. The molecule has 0 saturated heterocycles. The Morgan fingerprint density at radius 3 is 2.88 bits per heavy atom. The third kappa shape index (κ3) is 2.31. The van der Waals surface area contributed by atoms with Crippen molar-refractivity contribution in [3.8, 4) is 5.69 Å². The van der Waals surface area contributed by atoms with Gasteiger partial charge in [-0.1, -0.05) is 15.9 Å². The number of halogens is 2. The van der Waals surface area contributed by atoms with Gasteiger partial charge in [0.25, 0.3) is 0 Å². The molecular weight excluding hydrogens is 338 g/mol. The Hall–Kier alpha value is -0.790. The summed E-state index contributed by atoms with van der Waals surface area (Å²) in [5.41, 5.74) is 0.915. The molecule has 5 nitrogen and oxygen atoms in total. The Bertz CT molecular complexity index is 496. The quantitative estimate of drug-likeness (QED) is 0.922. The Balaban J connectivity index is 2.46. The van der Waals surface area contributed by atoms with Crippen LogP contribution in [0.5, 0.6) is 0 Å². The maximum Gasteiger partial charge on any atom is 0.170 e. The van der Waals surface area contributed by atoms with Crippen molar-refractivity contribution in [2.45, 2.75) is 6.54 Å². The first-order valence-electron chi connectivity index (χ1n) is 4.59. The number of rotatable bonds is 3. The summed E-state index contributed by atoms with van der Waals surface area (Å²) < 4.78 is 3.64. The topological polar surface area (TPSA) is 55.6 Å². The second kappa shape index (κ2) is 5.03. The number of tetrazole rings is 1. The summed E-state index contributed by atoms with van der Waals surface area (Å²) in [6.07, 6.45) is 0. The number of hydrogen-bond donors (Lipinski definition) is 1. The van der Waals surface area contributed by atoms with E-state index < -0.39 is 0 Å². The molecule has 1 N–H and O–H groups in total. The van der Waals surface area contributed by atoms with Gasteiger partial charge in [-0.05, 0) is 51.6 Å². The summed E-state index contributed by atoms with van der Waals surface area (Å²) in [7, 11) is 1.86. The third-order valence-electron chi connectivity index (χ3n) is 2.01. The van der Waals surface area contributed by atoms with Gasteiger partial charge in [0.05, 0.1) is 12.2 Å². The van der Waals surface area contributed by atoms with E-state index in [0.717, 1.165) is 20.5 Å². The van der Waals surface area contributed by atoms with E-state index in [1.807, 2.05) is 25.2 Å². The van der Waals surface area contributed by atoms with E-state index in [-0.39, 0.29) is 0 Å². The van der Waals surface area contributed by atoms with E-state index in [2.05, 4.69) is 52.7 Å². The van der Waals surface area contributed by atoms with Gasteiger partial charge >= 0.3 is 0 Å².